The summed E-state index contributed by atoms with van der Waals surface area (Å²) in [6.45, 7) is 4.35. The summed E-state index contributed by atoms with van der Waals surface area (Å²) in [6, 6.07) is 20.3. The molecule has 24 heavy (non-hydrogen) atoms. The maximum Gasteiger partial charge on any atom is 0.413 e. The predicted molar refractivity (Wildman–Crippen MR) is 95.5 cm³/mol. The van der Waals surface area contributed by atoms with E-state index in [2.05, 4.69) is 55.6 Å². The summed E-state index contributed by atoms with van der Waals surface area (Å²) in [4.78, 5) is 12.0. The molecule has 3 heteroatoms. The minimum absolute atomic E-state index is 0.200. The monoisotopic (exact) mass is 317 g/mol. The van der Waals surface area contributed by atoms with Crippen molar-refractivity contribution in [3.63, 3.8) is 0 Å². The maximum absolute atomic E-state index is 12.0. The van der Waals surface area contributed by atoms with Crippen LogP contribution in [0.1, 0.15) is 42.5 Å². The van der Waals surface area contributed by atoms with E-state index >= 15 is 0 Å². The summed E-state index contributed by atoms with van der Waals surface area (Å²) >= 11 is 0. The van der Waals surface area contributed by atoms with E-state index in [1.165, 1.54) is 5.56 Å². The molecule has 1 unspecified atom stereocenters. The molecular weight excluding hydrogens is 298 g/mol. The SMILES string of the molecule is CC(C)c1ccc(C2NC(=O)Oc3ccc4ccccc4c32)cc1. The molecule has 0 bridgehead atoms. The van der Waals surface area contributed by atoms with Crippen molar-refractivity contribution in [1.82, 2.24) is 5.32 Å². The first-order valence-corrected chi connectivity index (χ1v) is 8.23. The molecule has 4 rings (SSSR count). The number of carbonyl (C=O) groups is 1. The van der Waals surface area contributed by atoms with Gasteiger partial charge in [0.25, 0.3) is 0 Å². The van der Waals surface area contributed by atoms with Crippen LogP contribution in [-0.4, -0.2) is 6.09 Å². The van der Waals surface area contributed by atoms with Gasteiger partial charge in [-0.3, -0.25) is 0 Å². The van der Waals surface area contributed by atoms with E-state index in [0.29, 0.717) is 11.7 Å². The number of amides is 1. The molecule has 0 fully saturated rings. The summed E-state index contributed by atoms with van der Waals surface area (Å²) in [7, 11) is 0. The average Bonchev–Trinajstić information content (AvgIpc) is 2.60. The van der Waals surface area contributed by atoms with Gasteiger partial charge in [-0.1, -0.05) is 68.4 Å². The molecule has 0 spiro atoms. The van der Waals surface area contributed by atoms with Gasteiger partial charge in [-0.2, -0.15) is 0 Å². The molecule has 0 saturated carbocycles. The Bertz CT molecular complexity index is 913. The minimum Gasteiger partial charge on any atom is -0.410 e. The van der Waals surface area contributed by atoms with Crippen LogP contribution in [0.25, 0.3) is 10.8 Å². The lowest BCUT2D eigenvalue weighted by molar-refractivity contribution is 0.191. The molecule has 1 amide bonds. The Kier molecular flexibility index (Phi) is 3.49. The summed E-state index contributed by atoms with van der Waals surface area (Å²) < 4.78 is 5.40. The van der Waals surface area contributed by atoms with Crippen LogP contribution in [0.4, 0.5) is 4.79 Å². The van der Waals surface area contributed by atoms with Crippen LogP contribution in [0.5, 0.6) is 5.75 Å². The van der Waals surface area contributed by atoms with E-state index in [1.807, 2.05) is 24.3 Å². The zero-order valence-electron chi connectivity index (χ0n) is 13.7. The van der Waals surface area contributed by atoms with E-state index in [0.717, 1.165) is 21.9 Å². The maximum atomic E-state index is 12.0. The van der Waals surface area contributed by atoms with Gasteiger partial charge in [0.05, 0.1) is 6.04 Å². The Labute approximate surface area is 141 Å². The fourth-order valence-electron chi connectivity index (χ4n) is 3.31. The molecule has 1 aliphatic heterocycles. The predicted octanol–water partition coefficient (Wildman–Crippen LogP) is 5.15. The first-order chi connectivity index (χ1) is 11.6. The molecule has 0 aliphatic carbocycles. The van der Waals surface area contributed by atoms with Gasteiger partial charge in [0, 0.05) is 5.56 Å². The molecular formula is C21H19NO2. The second-order valence-corrected chi connectivity index (χ2v) is 6.49. The zero-order chi connectivity index (χ0) is 16.7. The quantitative estimate of drug-likeness (QED) is 0.709. The fraction of sp³-hybridized carbons (Fsp3) is 0.190. The zero-order valence-corrected chi connectivity index (χ0v) is 13.7. The van der Waals surface area contributed by atoms with Gasteiger partial charge in [0.1, 0.15) is 5.75 Å². The number of hydrogen-bond donors (Lipinski definition) is 1. The van der Waals surface area contributed by atoms with Crippen molar-refractivity contribution in [2.45, 2.75) is 25.8 Å². The van der Waals surface area contributed by atoms with Gasteiger partial charge in [-0.05, 0) is 33.9 Å². The number of hydrogen-bond acceptors (Lipinski definition) is 2. The lowest BCUT2D eigenvalue weighted by atomic mass is 9.91. The lowest BCUT2D eigenvalue weighted by Crippen LogP contribution is -2.36. The molecule has 0 radical (unpaired) electrons. The molecule has 1 atom stereocenters. The van der Waals surface area contributed by atoms with Crippen LogP contribution < -0.4 is 10.1 Å². The van der Waals surface area contributed by atoms with Crippen molar-refractivity contribution in [2.24, 2.45) is 0 Å². The van der Waals surface area contributed by atoms with Crippen LogP contribution in [0.15, 0.2) is 60.7 Å². The first kappa shape index (κ1) is 14.8. The smallest absolute Gasteiger partial charge is 0.410 e. The Morgan fingerprint density at radius 1 is 0.958 bits per heavy atom. The lowest BCUT2D eigenvalue weighted by Gasteiger charge is -2.28. The van der Waals surface area contributed by atoms with E-state index in [1.54, 1.807) is 0 Å². The van der Waals surface area contributed by atoms with Gasteiger partial charge >= 0.3 is 6.09 Å². The van der Waals surface area contributed by atoms with Crippen molar-refractivity contribution in [3.05, 3.63) is 77.4 Å². The Hall–Kier alpha value is -2.81. The molecule has 3 aromatic rings. The molecule has 0 saturated heterocycles. The highest BCUT2D eigenvalue weighted by molar-refractivity contribution is 5.91. The van der Waals surface area contributed by atoms with Crippen LogP contribution in [0.2, 0.25) is 0 Å². The van der Waals surface area contributed by atoms with E-state index < -0.39 is 6.09 Å². The highest BCUT2D eigenvalue weighted by Crippen LogP contribution is 2.39. The topological polar surface area (TPSA) is 38.3 Å². The van der Waals surface area contributed by atoms with Crippen LogP contribution in [0, 0.1) is 0 Å². The molecule has 1 N–H and O–H groups in total. The van der Waals surface area contributed by atoms with Crippen molar-refractivity contribution in [3.8, 4) is 5.75 Å². The van der Waals surface area contributed by atoms with E-state index in [4.69, 9.17) is 4.74 Å². The van der Waals surface area contributed by atoms with Crippen LogP contribution in [-0.2, 0) is 0 Å². The van der Waals surface area contributed by atoms with Gasteiger partial charge in [-0.15, -0.1) is 0 Å². The Morgan fingerprint density at radius 2 is 1.71 bits per heavy atom. The third-order valence-electron chi connectivity index (χ3n) is 4.62. The molecule has 3 aromatic carbocycles. The standard InChI is InChI=1S/C21H19NO2/c1-13(2)14-7-9-16(10-8-14)20-19-17-6-4-3-5-15(17)11-12-18(19)24-21(23)22-20/h3-13,20H,1-2H3,(H,22,23). The highest BCUT2D eigenvalue weighted by atomic mass is 16.6. The Balaban J connectivity index is 1.88. The van der Waals surface area contributed by atoms with Gasteiger partial charge in [0.2, 0.25) is 0 Å². The molecule has 0 aromatic heterocycles. The second-order valence-electron chi connectivity index (χ2n) is 6.49. The molecule has 3 nitrogen and oxygen atoms in total. The summed E-state index contributed by atoms with van der Waals surface area (Å²) in [5, 5.41) is 5.21. The third-order valence-corrected chi connectivity index (χ3v) is 4.62. The summed E-state index contributed by atoms with van der Waals surface area (Å²) in [6.07, 6.45) is -0.407. The first-order valence-electron chi connectivity index (χ1n) is 8.23. The third kappa shape index (κ3) is 2.42. The molecule has 120 valence electrons. The number of ether oxygens (including phenoxy) is 1. The number of benzene rings is 3. The largest absolute Gasteiger partial charge is 0.413 e. The molecule has 1 heterocycles. The average molecular weight is 317 g/mol. The van der Waals surface area contributed by atoms with E-state index in [-0.39, 0.29) is 6.04 Å². The molecule has 1 aliphatic rings. The van der Waals surface area contributed by atoms with E-state index in [9.17, 15) is 4.79 Å². The Morgan fingerprint density at radius 3 is 2.46 bits per heavy atom. The van der Waals surface area contributed by atoms with Gasteiger partial charge in [-0.25, -0.2) is 4.79 Å². The highest BCUT2D eigenvalue weighted by Gasteiger charge is 2.29. The summed E-state index contributed by atoms with van der Waals surface area (Å²) in [5.74, 6) is 1.12. The number of carbonyl (C=O) groups excluding carboxylic acids is 1. The van der Waals surface area contributed by atoms with Crippen molar-refractivity contribution >= 4 is 16.9 Å². The normalized spacial score (nSPS) is 16.6. The van der Waals surface area contributed by atoms with Gasteiger partial charge in [0.15, 0.2) is 0 Å². The minimum atomic E-state index is -0.407. The number of nitrogens with one attached hydrogen (secondary N) is 1. The van der Waals surface area contributed by atoms with Crippen LogP contribution >= 0.6 is 0 Å². The van der Waals surface area contributed by atoms with Crippen LogP contribution in [0.3, 0.4) is 0 Å². The number of fused-ring (bicyclic) bond motifs is 3. The summed E-state index contributed by atoms with van der Waals surface area (Å²) in [5.41, 5.74) is 3.37. The van der Waals surface area contributed by atoms with Gasteiger partial charge < -0.3 is 10.1 Å². The van der Waals surface area contributed by atoms with Crippen molar-refractivity contribution < 1.29 is 9.53 Å². The second kappa shape index (κ2) is 5.68. The van der Waals surface area contributed by atoms with Crippen molar-refractivity contribution in [2.75, 3.05) is 0 Å². The fourth-order valence-corrected chi connectivity index (χ4v) is 3.31. The number of rotatable bonds is 2. The van der Waals surface area contributed by atoms with Crippen molar-refractivity contribution in [1.29, 1.82) is 0 Å².